The zero-order valence-electron chi connectivity index (χ0n) is 19.3. The third-order valence-electron chi connectivity index (χ3n) is 5.88. The van der Waals surface area contributed by atoms with Gasteiger partial charge in [0.25, 0.3) is 0 Å². The number of carbonyl (C=O) groups excluding carboxylic acids is 1. The molecule has 1 aromatic carbocycles. The van der Waals surface area contributed by atoms with E-state index in [0.717, 1.165) is 63.0 Å². The Balaban J connectivity index is 1.44. The van der Waals surface area contributed by atoms with E-state index in [4.69, 9.17) is 21.3 Å². The van der Waals surface area contributed by atoms with Crippen LogP contribution in [-0.2, 0) is 22.5 Å². The molecule has 3 aromatic heterocycles. The zero-order valence-corrected chi connectivity index (χ0v) is 21.7. The summed E-state index contributed by atoms with van der Waals surface area (Å²) in [4.78, 5) is 23.1. The molecule has 1 aliphatic rings. The maximum Gasteiger partial charge on any atom is 0.226 e. The van der Waals surface area contributed by atoms with E-state index in [1.54, 1.807) is 42.2 Å². The Kier molecular flexibility index (Phi) is 7.72. The number of aromatic nitrogens is 2. The van der Waals surface area contributed by atoms with Gasteiger partial charge in [-0.2, -0.15) is 0 Å². The van der Waals surface area contributed by atoms with Gasteiger partial charge < -0.3 is 20.7 Å². The summed E-state index contributed by atoms with van der Waals surface area (Å²) in [6.45, 7) is 3.70. The smallest absolute Gasteiger partial charge is 0.226 e. The summed E-state index contributed by atoms with van der Waals surface area (Å²) < 4.78 is 6.14. The van der Waals surface area contributed by atoms with Crippen LogP contribution in [0.2, 0.25) is 5.02 Å². The fourth-order valence-corrected chi connectivity index (χ4v) is 6.70. The standard InChI is InChI=1S/C25H26ClN5O2S2/c1-33-11-10-27-9-6-22(32)31-25-23(17-5-8-29-14-21(17)35-25)24-30-19-12-15(2-3-20(19)34-24)16-4-7-28-13-18(16)26/h2-4,7,12-13,27,29H,5-6,8-11,14H2,1H3,(H,31,32). The van der Waals surface area contributed by atoms with Crippen molar-refractivity contribution in [1.29, 1.82) is 0 Å². The first kappa shape index (κ1) is 24.3. The summed E-state index contributed by atoms with van der Waals surface area (Å²) in [6.07, 6.45) is 4.72. The molecule has 5 rings (SSSR count). The molecule has 0 saturated heterocycles. The number of ether oxygens (including phenoxy) is 1. The normalized spacial score (nSPS) is 13.2. The van der Waals surface area contributed by atoms with Crippen LogP contribution in [0.3, 0.4) is 0 Å². The van der Waals surface area contributed by atoms with E-state index in [-0.39, 0.29) is 5.91 Å². The van der Waals surface area contributed by atoms with Crippen molar-refractivity contribution < 1.29 is 9.53 Å². The number of nitrogens with one attached hydrogen (secondary N) is 3. The SMILES string of the molecule is COCCNCCC(=O)Nc1sc2c(c1-c1nc3cc(-c4ccncc4Cl)ccc3s1)CCNC2. The van der Waals surface area contributed by atoms with Crippen molar-refractivity contribution >= 4 is 55.4 Å². The first-order valence-corrected chi connectivity index (χ1v) is 13.5. The second-order valence-corrected chi connectivity index (χ2v) is 10.8. The van der Waals surface area contributed by atoms with Gasteiger partial charge in [-0.25, -0.2) is 4.98 Å². The number of rotatable bonds is 9. The fourth-order valence-electron chi connectivity index (χ4n) is 4.15. The molecule has 0 aliphatic carbocycles. The number of benzene rings is 1. The fraction of sp³-hybridized carbons (Fsp3) is 0.320. The Hall–Kier alpha value is -2.40. The Labute approximate surface area is 216 Å². The van der Waals surface area contributed by atoms with Crippen LogP contribution in [0.5, 0.6) is 0 Å². The Bertz CT molecular complexity index is 1350. The van der Waals surface area contributed by atoms with Crippen LogP contribution < -0.4 is 16.0 Å². The quantitative estimate of drug-likeness (QED) is 0.267. The van der Waals surface area contributed by atoms with Gasteiger partial charge in [-0.05, 0) is 42.3 Å². The van der Waals surface area contributed by atoms with Crippen molar-refractivity contribution in [2.75, 3.05) is 38.7 Å². The number of pyridine rings is 1. The number of fused-ring (bicyclic) bond motifs is 2. The molecule has 0 spiro atoms. The van der Waals surface area contributed by atoms with Gasteiger partial charge in [-0.15, -0.1) is 22.7 Å². The summed E-state index contributed by atoms with van der Waals surface area (Å²) in [7, 11) is 1.67. The molecule has 182 valence electrons. The highest BCUT2D eigenvalue weighted by atomic mass is 35.5. The second-order valence-electron chi connectivity index (χ2n) is 8.23. The van der Waals surface area contributed by atoms with Gasteiger partial charge in [0.05, 0.1) is 21.8 Å². The highest BCUT2D eigenvalue weighted by molar-refractivity contribution is 7.23. The van der Waals surface area contributed by atoms with E-state index < -0.39 is 0 Å². The van der Waals surface area contributed by atoms with Gasteiger partial charge in [0.2, 0.25) is 5.91 Å². The second kappa shape index (κ2) is 11.1. The number of thiophene rings is 1. The van der Waals surface area contributed by atoms with Crippen molar-refractivity contribution in [3.8, 4) is 21.7 Å². The van der Waals surface area contributed by atoms with E-state index in [1.807, 2.05) is 6.07 Å². The van der Waals surface area contributed by atoms with Gasteiger partial charge in [-0.1, -0.05) is 17.7 Å². The number of halogens is 1. The Morgan fingerprint density at radius 3 is 3.03 bits per heavy atom. The van der Waals surface area contributed by atoms with Crippen LogP contribution in [0.1, 0.15) is 16.9 Å². The van der Waals surface area contributed by atoms with Crippen LogP contribution in [-0.4, -0.2) is 49.2 Å². The van der Waals surface area contributed by atoms with E-state index in [1.165, 1.54) is 10.4 Å². The van der Waals surface area contributed by atoms with Gasteiger partial charge >= 0.3 is 0 Å². The largest absolute Gasteiger partial charge is 0.383 e. The minimum Gasteiger partial charge on any atom is -0.383 e. The number of methoxy groups -OCH3 is 1. The highest BCUT2D eigenvalue weighted by Gasteiger charge is 2.25. The summed E-state index contributed by atoms with van der Waals surface area (Å²) >= 11 is 9.68. The van der Waals surface area contributed by atoms with Crippen molar-refractivity contribution in [1.82, 2.24) is 20.6 Å². The number of hydrogen-bond donors (Lipinski definition) is 3. The molecular formula is C25H26ClN5O2S2. The minimum absolute atomic E-state index is 0.00144. The maximum atomic E-state index is 12.7. The lowest BCUT2D eigenvalue weighted by molar-refractivity contribution is -0.116. The number of amides is 1. The number of carbonyl (C=O) groups is 1. The Morgan fingerprint density at radius 1 is 1.26 bits per heavy atom. The van der Waals surface area contributed by atoms with Gasteiger partial charge in [0.1, 0.15) is 10.0 Å². The van der Waals surface area contributed by atoms with Gasteiger partial charge in [0, 0.05) is 61.6 Å². The number of hydrogen-bond acceptors (Lipinski definition) is 8. The number of nitrogens with zero attached hydrogens (tertiary/aromatic N) is 2. The number of anilines is 1. The first-order chi connectivity index (χ1) is 17.1. The lowest BCUT2D eigenvalue weighted by Crippen LogP contribution is -2.24. The molecule has 0 radical (unpaired) electrons. The third kappa shape index (κ3) is 5.40. The van der Waals surface area contributed by atoms with Crippen molar-refractivity contribution in [2.45, 2.75) is 19.4 Å². The zero-order chi connectivity index (χ0) is 24.2. The van der Waals surface area contributed by atoms with E-state index in [9.17, 15) is 4.79 Å². The molecular weight excluding hydrogens is 502 g/mol. The average molecular weight is 528 g/mol. The van der Waals surface area contributed by atoms with Crippen LogP contribution in [0.15, 0.2) is 36.7 Å². The molecule has 0 atom stereocenters. The molecule has 3 N–H and O–H groups in total. The van der Waals surface area contributed by atoms with Crippen molar-refractivity contribution in [2.24, 2.45) is 0 Å². The molecule has 0 saturated carbocycles. The lowest BCUT2D eigenvalue weighted by atomic mass is 10.0. The molecule has 35 heavy (non-hydrogen) atoms. The molecule has 1 aliphatic heterocycles. The van der Waals surface area contributed by atoms with Crippen molar-refractivity contribution in [3.63, 3.8) is 0 Å². The molecule has 10 heteroatoms. The predicted octanol–water partition coefficient (Wildman–Crippen LogP) is 4.95. The topological polar surface area (TPSA) is 88.2 Å². The number of thiazole rings is 1. The summed E-state index contributed by atoms with van der Waals surface area (Å²) in [5, 5.41) is 12.3. The average Bonchev–Trinajstić information content (AvgIpc) is 3.44. The van der Waals surface area contributed by atoms with E-state index in [0.29, 0.717) is 24.6 Å². The summed E-state index contributed by atoms with van der Waals surface area (Å²) in [5.74, 6) is -0.00144. The van der Waals surface area contributed by atoms with Crippen LogP contribution in [0.25, 0.3) is 31.9 Å². The van der Waals surface area contributed by atoms with Crippen LogP contribution in [0.4, 0.5) is 5.00 Å². The third-order valence-corrected chi connectivity index (χ3v) is 8.38. The monoisotopic (exact) mass is 527 g/mol. The molecule has 1 amide bonds. The molecule has 7 nitrogen and oxygen atoms in total. The molecule has 4 heterocycles. The minimum atomic E-state index is -0.00144. The highest BCUT2D eigenvalue weighted by Crippen LogP contribution is 2.45. The predicted molar refractivity (Wildman–Crippen MR) is 145 cm³/mol. The van der Waals surface area contributed by atoms with E-state index >= 15 is 0 Å². The summed E-state index contributed by atoms with van der Waals surface area (Å²) in [5.41, 5.74) is 5.22. The van der Waals surface area contributed by atoms with E-state index in [2.05, 4.69) is 39.1 Å². The first-order valence-electron chi connectivity index (χ1n) is 11.5. The molecule has 0 unspecified atom stereocenters. The maximum absolute atomic E-state index is 12.7. The Morgan fingerprint density at radius 2 is 2.17 bits per heavy atom. The lowest BCUT2D eigenvalue weighted by Gasteiger charge is -2.13. The van der Waals surface area contributed by atoms with Gasteiger partial charge in [-0.3, -0.25) is 9.78 Å². The van der Waals surface area contributed by atoms with Crippen molar-refractivity contribution in [3.05, 3.63) is 52.1 Å². The molecule has 0 fully saturated rings. The van der Waals surface area contributed by atoms with Crippen LogP contribution in [0, 0.1) is 0 Å². The molecule has 0 bridgehead atoms. The summed E-state index contributed by atoms with van der Waals surface area (Å²) in [6, 6.07) is 8.14. The van der Waals surface area contributed by atoms with Crippen LogP contribution >= 0.6 is 34.3 Å². The molecule has 4 aromatic rings. The van der Waals surface area contributed by atoms with Gasteiger partial charge in [0.15, 0.2) is 0 Å².